The van der Waals surface area contributed by atoms with Crippen LogP contribution in [0, 0.1) is 0 Å². The number of carbonyl (C=O) groups is 1. The Bertz CT molecular complexity index is 420. The van der Waals surface area contributed by atoms with E-state index in [-0.39, 0.29) is 16.4 Å². The molecule has 82 valence electrons. The van der Waals surface area contributed by atoms with Crippen LogP contribution in [-0.2, 0) is 14.4 Å². The fraction of sp³-hybridized carbons (Fsp3) is 0.375. The van der Waals surface area contributed by atoms with Gasteiger partial charge in [0.15, 0.2) is 0 Å². The van der Waals surface area contributed by atoms with E-state index in [0.29, 0.717) is 4.88 Å². The molecule has 0 aliphatic heterocycles. The van der Waals surface area contributed by atoms with Crippen molar-refractivity contribution >= 4 is 34.4 Å². The van der Waals surface area contributed by atoms with E-state index in [1.807, 2.05) is 0 Å². The lowest BCUT2D eigenvalue weighted by Gasteiger charge is -2.01. The molecule has 15 heavy (non-hydrogen) atoms. The normalized spacial score (nSPS) is 11.2. The van der Waals surface area contributed by atoms with Crippen molar-refractivity contribution in [2.75, 3.05) is 13.7 Å². The average Bonchev–Trinajstić information content (AvgIpc) is 2.61. The van der Waals surface area contributed by atoms with Crippen molar-refractivity contribution in [2.45, 2.75) is 6.92 Å². The Morgan fingerprint density at radius 1 is 1.60 bits per heavy atom. The highest BCUT2D eigenvalue weighted by Gasteiger charge is 2.18. The summed E-state index contributed by atoms with van der Waals surface area (Å²) < 4.78 is 4.68. The molecule has 0 aliphatic rings. The van der Waals surface area contributed by atoms with E-state index in [9.17, 15) is 9.59 Å². The Balaban J connectivity index is 2.98. The van der Waals surface area contributed by atoms with E-state index in [1.54, 1.807) is 12.3 Å². The molecule has 0 aliphatic carbocycles. The highest BCUT2D eigenvalue weighted by molar-refractivity contribution is 7.27. The first kappa shape index (κ1) is 11.9. The molecule has 0 bridgehead atoms. The molecule has 1 aromatic heterocycles. The largest absolute Gasteiger partial charge is 0.461 e. The third-order valence-electron chi connectivity index (χ3n) is 1.34. The standard InChI is InChI=1S/C8H9NO4S2/c1-3-13-7(10)6(9-12-2)5-4-14-8(11)15-5/h4H,3H2,1-2H3. The van der Waals surface area contributed by atoms with Crippen molar-refractivity contribution < 1.29 is 14.4 Å². The molecule has 0 saturated heterocycles. The Kier molecular flexibility index (Phi) is 4.44. The predicted molar refractivity (Wildman–Crippen MR) is 58.6 cm³/mol. The van der Waals surface area contributed by atoms with Gasteiger partial charge >= 0.3 is 5.97 Å². The number of rotatable bonds is 4. The fourth-order valence-corrected chi connectivity index (χ4v) is 2.47. The van der Waals surface area contributed by atoms with Crippen LogP contribution in [-0.4, -0.2) is 25.4 Å². The fourth-order valence-electron chi connectivity index (χ4n) is 0.817. The lowest BCUT2D eigenvalue weighted by atomic mass is 10.3. The van der Waals surface area contributed by atoms with Gasteiger partial charge < -0.3 is 9.57 Å². The molecule has 0 spiro atoms. The minimum atomic E-state index is -0.589. The van der Waals surface area contributed by atoms with Gasteiger partial charge in [-0.2, -0.15) is 0 Å². The molecule has 0 aromatic carbocycles. The van der Waals surface area contributed by atoms with Crippen molar-refractivity contribution in [2.24, 2.45) is 5.16 Å². The first-order valence-corrected chi connectivity index (χ1v) is 5.76. The topological polar surface area (TPSA) is 65.0 Å². The summed E-state index contributed by atoms with van der Waals surface area (Å²) in [6.45, 7) is 1.94. The summed E-state index contributed by atoms with van der Waals surface area (Å²) in [5, 5.41) is 5.10. The van der Waals surface area contributed by atoms with Crippen molar-refractivity contribution in [1.29, 1.82) is 0 Å². The third kappa shape index (κ3) is 3.14. The van der Waals surface area contributed by atoms with E-state index < -0.39 is 5.97 Å². The Morgan fingerprint density at radius 2 is 2.33 bits per heavy atom. The van der Waals surface area contributed by atoms with Crippen LogP contribution in [0.15, 0.2) is 15.3 Å². The van der Waals surface area contributed by atoms with Crippen LogP contribution in [0.5, 0.6) is 0 Å². The number of ether oxygens (including phenoxy) is 1. The molecule has 1 heterocycles. The molecule has 0 unspecified atom stereocenters. The number of esters is 1. The van der Waals surface area contributed by atoms with Crippen molar-refractivity contribution in [1.82, 2.24) is 0 Å². The van der Waals surface area contributed by atoms with Crippen molar-refractivity contribution in [3.8, 4) is 0 Å². The van der Waals surface area contributed by atoms with Gasteiger partial charge in [0.2, 0.25) is 5.71 Å². The monoisotopic (exact) mass is 247 g/mol. The maximum absolute atomic E-state index is 11.4. The molecule has 5 nitrogen and oxygen atoms in total. The second kappa shape index (κ2) is 5.62. The van der Waals surface area contributed by atoms with Crippen LogP contribution in [0.25, 0.3) is 0 Å². The number of hydrogen-bond donors (Lipinski definition) is 0. The van der Waals surface area contributed by atoms with E-state index >= 15 is 0 Å². The molecule has 0 atom stereocenters. The lowest BCUT2D eigenvalue weighted by Crippen LogP contribution is -2.18. The zero-order valence-electron chi connectivity index (χ0n) is 8.18. The Morgan fingerprint density at radius 3 is 2.80 bits per heavy atom. The first-order valence-electron chi connectivity index (χ1n) is 4.06. The SMILES string of the molecule is CCOC(=O)C(=NOC)c1csc(=O)s1. The van der Waals surface area contributed by atoms with Gasteiger partial charge in [-0.1, -0.05) is 27.8 Å². The minimum Gasteiger partial charge on any atom is -0.461 e. The molecule has 0 saturated carbocycles. The second-order valence-electron chi connectivity index (χ2n) is 2.29. The minimum absolute atomic E-state index is 0.0303. The predicted octanol–water partition coefficient (Wildman–Crippen LogP) is 1.08. The molecule has 0 radical (unpaired) electrons. The highest BCUT2D eigenvalue weighted by atomic mass is 32.2. The smallest absolute Gasteiger partial charge is 0.361 e. The number of carbonyl (C=O) groups excluding carboxylic acids is 1. The molecular weight excluding hydrogens is 238 g/mol. The molecule has 1 aromatic rings. The van der Waals surface area contributed by atoms with Crippen LogP contribution < -0.4 is 4.06 Å². The molecule has 1 rings (SSSR count). The number of hydrogen-bond acceptors (Lipinski definition) is 7. The molecule has 0 amide bonds. The average molecular weight is 247 g/mol. The maximum Gasteiger partial charge on any atom is 0.361 e. The Hall–Kier alpha value is -1.21. The van der Waals surface area contributed by atoms with Gasteiger partial charge in [-0.25, -0.2) is 4.79 Å². The van der Waals surface area contributed by atoms with Gasteiger partial charge in [0.05, 0.1) is 11.5 Å². The van der Waals surface area contributed by atoms with Crippen LogP contribution in [0.2, 0.25) is 0 Å². The lowest BCUT2D eigenvalue weighted by molar-refractivity contribution is -0.135. The summed E-state index contributed by atoms with van der Waals surface area (Å²) in [5.41, 5.74) is 0.0303. The van der Waals surface area contributed by atoms with Crippen LogP contribution >= 0.6 is 22.7 Å². The van der Waals surface area contributed by atoms with Gasteiger partial charge in [-0.05, 0) is 6.92 Å². The van der Waals surface area contributed by atoms with Crippen LogP contribution in [0.1, 0.15) is 11.8 Å². The van der Waals surface area contributed by atoms with Gasteiger partial charge in [0.1, 0.15) is 7.11 Å². The second-order valence-corrected chi connectivity index (χ2v) is 4.41. The van der Waals surface area contributed by atoms with Gasteiger partial charge in [-0.15, -0.1) is 0 Å². The van der Waals surface area contributed by atoms with Gasteiger partial charge in [0.25, 0.3) is 4.06 Å². The maximum atomic E-state index is 11.4. The zero-order valence-corrected chi connectivity index (χ0v) is 9.81. The van der Waals surface area contributed by atoms with E-state index in [2.05, 4.69) is 9.99 Å². The quantitative estimate of drug-likeness (QED) is 0.454. The Labute approximate surface area is 93.9 Å². The summed E-state index contributed by atoms with van der Waals surface area (Å²) in [6.07, 6.45) is 0. The molecular formula is C8H9NO4S2. The van der Waals surface area contributed by atoms with E-state index in [0.717, 1.165) is 22.7 Å². The number of oxime groups is 1. The molecule has 0 N–H and O–H groups in total. The number of nitrogens with zero attached hydrogens (tertiary/aromatic N) is 1. The third-order valence-corrected chi connectivity index (χ3v) is 3.27. The first-order chi connectivity index (χ1) is 7.19. The summed E-state index contributed by atoms with van der Waals surface area (Å²) in [4.78, 5) is 27.4. The van der Waals surface area contributed by atoms with Crippen molar-refractivity contribution in [3.05, 3.63) is 19.1 Å². The summed E-state index contributed by atoms with van der Waals surface area (Å²) in [5.74, 6) is -0.589. The summed E-state index contributed by atoms with van der Waals surface area (Å²) >= 11 is 1.95. The van der Waals surface area contributed by atoms with Gasteiger partial charge in [0, 0.05) is 5.38 Å². The summed E-state index contributed by atoms with van der Waals surface area (Å²) in [6, 6.07) is 0. The van der Waals surface area contributed by atoms with E-state index in [1.165, 1.54) is 7.11 Å². The van der Waals surface area contributed by atoms with Crippen LogP contribution in [0.3, 0.4) is 0 Å². The highest BCUT2D eigenvalue weighted by Crippen LogP contribution is 2.10. The molecule has 7 heteroatoms. The van der Waals surface area contributed by atoms with Gasteiger partial charge in [-0.3, -0.25) is 4.79 Å². The van der Waals surface area contributed by atoms with Crippen molar-refractivity contribution in [3.63, 3.8) is 0 Å². The van der Waals surface area contributed by atoms with Crippen LogP contribution in [0.4, 0.5) is 0 Å². The summed E-state index contributed by atoms with van der Waals surface area (Å²) in [7, 11) is 1.33. The van der Waals surface area contributed by atoms with E-state index in [4.69, 9.17) is 4.74 Å². The zero-order chi connectivity index (χ0) is 11.3. The molecule has 0 fully saturated rings.